The Morgan fingerprint density at radius 1 is 1.05 bits per heavy atom. The lowest BCUT2D eigenvalue weighted by molar-refractivity contribution is 0.118. The molecule has 2 rings (SSSR count). The van der Waals surface area contributed by atoms with Crippen molar-refractivity contribution in [1.29, 1.82) is 0 Å². The van der Waals surface area contributed by atoms with E-state index in [1.807, 2.05) is 48.5 Å². The van der Waals surface area contributed by atoms with E-state index in [0.717, 1.165) is 41.9 Å². The number of methoxy groups -OCH3 is 1. The molecule has 3 nitrogen and oxygen atoms in total. The van der Waals surface area contributed by atoms with E-state index in [2.05, 4.69) is 6.92 Å². The van der Waals surface area contributed by atoms with Crippen LogP contribution in [-0.2, 0) is 11.3 Å². The van der Waals surface area contributed by atoms with Gasteiger partial charge in [-0.2, -0.15) is 0 Å². The monoisotopic (exact) mass is 300 g/mol. The van der Waals surface area contributed by atoms with Gasteiger partial charge < -0.3 is 14.6 Å². The Kier molecular flexibility index (Phi) is 6.44. The number of aliphatic hydroxyl groups is 1. The van der Waals surface area contributed by atoms with Gasteiger partial charge in [-0.25, -0.2) is 0 Å². The van der Waals surface area contributed by atoms with E-state index in [4.69, 9.17) is 9.47 Å². The number of ether oxygens (including phenoxy) is 2. The van der Waals surface area contributed by atoms with Crippen LogP contribution >= 0.6 is 0 Å². The van der Waals surface area contributed by atoms with Crippen molar-refractivity contribution < 1.29 is 14.6 Å². The molecule has 0 fully saturated rings. The fourth-order valence-corrected chi connectivity index (χ4v) is 2.27. The zero-order chi connectivity index (χ0) is 15.8. The van der Waals surface area contributed by atoms with Gasteiger partial charge in [-0.05, 0) is 35.2 Å². The highest BCUT2D eigenvalue weighted by Crippen LogP contribution is 2.24. The van der Waals surface area contributed by atoms with Gasteiger partial charge in [-0.15, -0.1) is 0 Å². The minimum Gasteiger partial charge on any atom is -0.497 e. The summed E-state index contributed by atoms with van der Waals surface area (Å²) in [5.74, 6) is 0.786. The summed E-state index contributed by atoms with van der Waals surface area (Å²) in [6, 6.07) is 15.4. The normalized spacial score (nSPS) is 12.1. The molecule has 0 amide bonds. The summed E-state index contributed by atoms with van der Waals surface area (Å²) in [4.78, 5) is 0. The topological polar surface area (TPSA) is 38.7 Å². The van der Waals surface area contributed by atoms with Crippen LogP contribution in [-0.4, -0.2) is 18.8 Å². The lowest BCUT2D eigenvalue weighted by atomic mass is 10.00. The van der Waals surface area contributed by atoms with E-state index in [-0.39, 0.29) is 0 Å². The van der Waals surface area contributed by atoms with Crippen molar-refractivity contribution in [3.05, 3.63) is 65.2 Å². The van der Waals surface area contributed by atoms with Crippen LogP contribution in [0.5, 0.6) is 5.75 Å². The van der Waals surface area contributed by atoms with Crippen LogP contribution in [0.1, 0.15) is 42.6 Å². The summed E-state index contributed by atoms with van der Waals surface area (Å²) in [6.45, 7) is 3.51. The van der Waals surface area contributed by atoms with Gasteiger partial charge in [0, 0.05) is 6.61 Å². The first-order valence-corrected chi connectivity index (χ1v) is 7.73. The van der Waals surface area contributed by atoms with Crippen LogP contribution < -0.4 is 4.74 Å². The molecule has 118 valence electrons. The largest absolute Gasteiger partial charge is 0.497 e. The highest BCUT2D eigenvalue weighted by atomic mass is 16.5. The highest BCUT2D eigenvalue weighted by molar-refractivity contribution is 5.35. The molecule has 0 aliphatic rings. The third-order valence-electron chi connectivity index (χ3n) is 3.61. The summed E-state index contributed by atoms with van der Waals surface area (Å²) in [5, 5.41) is 10.5. The SMILES string of the molecule is CCCCOCc1cccc(C(O)c2ccc(OC)cc2)c1. The maximum atomic E-state index is 10.5. The molecule has 0 bridgehead atoms. The van der Waals surface area contributed by atoms with E-state index in [1.54, 1.807) is 7.11 Å². The predicted molar refractivity (Wildman–Crippen MR) is 88.1 cm³/mol. The molecule has 1 atom stereocenters. The second-order valence-corrected chi connectivity index (χ2v) is 5.33. The summed E-state index contributed by atoms with van der Waals surface area (Å²) in [6.07, 6.45) is 1.58. The van der Waals surface area contributed by atoms with Gasteiger partial charge >= 0.3 is 0 Å². The van der Waals surface area contributed by atoms with Crippen LogP contribution in [0.15, 0.2) is 48.5 Å². The number of hydrogen-bond acceptors (Lipinski definition) is 3. The van der Waals surface area contributed by atoms with Crippen molar-refractivity contribution in [2.45, 2.75) is 32.5 Å². The molecule has 22 heavy (non-hydrogen) atoms. The first-order valence-electron chi connectivity index (χ1n) is 7.73. The fraction of sp³-hybridized carbons (Fsp3) is 0.368. The molecule has 0 saturated heterocycles. The van der Waals surface area contributed by atoms with Crippen molar-refractivity contribution in [2.75, 3.05) is 13.7 Å². The lowest BCUT2D eigenvalue weighted by Crippen LogP contribution is -2.01. The fourth-order valence-electron chi connectivity index (χ4n) is 2.27. The molecule has 0 heterocycles. The molecule has 3 heteroatoms. The first kappa shape index (κ1) is 16.5. The Morgan fingerprint density at radius 3 is 2.50 bits per heavy atom. The Hall–Kier alpha value is -1.84. The van der Waals surface area contributed by atoms with E-state index in [0.29, 0.717) is 6.61 Å². The summed E-state index contributed by atoms with van der Waals surface area (Å²) < 4.78 is 10.8. The zero-order valence-electron chi connectivity index (χ0n) is 13.3. The van der Waals surface area contributed by atoms with E-state index in [9.17, 15) is 5.11 Å². The van der Waals surface area contributed by atoms with Gasteiger partial charge in [0.05, 0.1) is 13.7 Å². The number of rotatable bonds is 8. The molecular formula is C19H24O3. The summed E-state index contributed by atoms with van der Waals surface area (Å²) in [5.41, 5.74) is 2.81. The molecule has 1 N–H and O–H groups in total. The van der Waals surface area contributed by atoms with Crippen LogP contribution in [0.2, 0.25) is 0 Å². The molecule has 1 unspecified atom stereocenters. The van der Waals surface area contributed by atoms with Crippen molar-refractivity contribution in [3.63, 3.8) is 0 Å². The highest BCUT2D eigenvalue weighted by Gasteiger charge is 2.11. The molecule has 2 aromatic rings. The second-order valence-electron chi connectivity index (χ2n) is 5.33. The van der Waals surface area contributed by atoms with E-state index >= 15 is 0 Å². The number of hydrogen-bond donors (Lipinski definition) is 1. The molecule has 0 saturated carbocycles. The van der Waals surface area contributed by atoms with Crippen LogP contribution in [0.3, 0.4) is 0 Å². The van der Waals surface area contributed by atoms with E-state index in [1.165, 1.54) is 0 Å². The third-order valence-corrected chi connectivity index (χ3v) is 3.61. The Bertz CT molecular complexity index is 563. The molecule has 0 aliphatic carbocycles. The molecule has 0 aromatic heterocycles. The minimum atomic E-state index is -0.638. The number of unbranched alkanes of at least 4 members (excludes halogenated alkanes) is 1. The lowest BCUT2D eigenvalue weighted by Gasteiger charge is -2.13. The molecule has 2 aromatic carbocycles. The van der Waals surface area contributed by atoms with Crippen molar-refractivity contribution in [2.24, 2.45) is 0 Å². The maximum Gasteiger partial charge on any atom is 0.118 e. The summed E-state index contributed by atoms with van der Waals surface area (Å²) >= 11 is 0. The summed E-state index contributed by atoms with van der Waals surface area (Å²) in [7, 11) is 1.63. The predicted octanol–water partition coefficient (Wildman–Crippen LogP) is 4.09. The molecule has 0 aliphatic heterocycles. The van der Waals surface area contributed by atoms with Crippen LogP contribution in [0, 0.1) is 0 Å². The average Bonchev–Trinajstić information content (AvgIpc) is 2.58. The Balaban J connectivity index is 2.03. The molecule has 0 spiro atoms. The minimum absolute atomic E-state index is 0.586. The number of benzene rings is 2. The zero-order valence-corrected chi connectivity index (χ0v) is 13.3. The van der Waals surface area contributed by atoms with Gasteiger partial charge in [0.25, 0.3) is 0 Å². The molecular weight excluding hydrogens is 276 g/mol. The third kappa shape index (κ3) is 4.58. The number of aliphatic hydroxyl groups excluding tert-OH is 1. The Labute approximate surface area is 132 Å². The quantitative estimate of drug-likeness (QED) is 0.746. The van der Waals surface area contributed by atoms with Crippen LogP contribution in [0.4, 0.5) is 0 Å². The second kappa shape index (κ2) is 8.57. The van der Waals surface area contributed by atoms with Crippen molar-refractivity contribution in [3.8, 4) is 5.75 Å². The van der Waals surface area contributed by atoms with Crippen molar-refractivity contribution >= 4 is 0 Å². The Morgan fingerprint density at radius 2 is 1.82 bits per heavy atom. The van der Waals surface area contributed by atoms with Crippen molar-refractivity contribution in [1.82, 2.24) is 0 Å². The maximum absolute atomic E-state index is 10.5. The van der Waals surface area contributed by atoms with Gasteiger partial charge in [0.2, 0.25) is 0 Å². The van der Waals surface area contributed by atoms with Gasteiger partial charge in [-0.3, -0.25) is 0 Å². The first-order chi connectivity index (χ1) is 10.7. The van der Waals surface area contributed by atoms with Gasteiger partial charge in [0.15, 0.2) is 0 Å². The van der Waals surface area contributed by atoms with Gasteiger partial charge in [-0.1, -0.05) is 49.7 Å². The van der Waals surface area contributed by atoms with Crippen LogP contribution in [0.25, 0.3) is 0 Å². The smallest absolute Gasteiger partial charge is 0.118 e. The average molecular weight is 300 g/mol. The molecule has 0 radical (unpaired) electrons. The van der Waals surface area contributed by atoms with Gasteiger partial charge in [0.1, 0.15) is 11.9 Å². The standard InChI is InChI=1S/C19H24O3/c1-3-4-12-22-14-15-6-5-7-17(13-15)19(20)16-8-10-18(21-2)11-9-16/h5-11,13,19-20H,3-4,12,14H2,1-2H3. The van der Waals surface area contributed by atoms with E-state index < -0.39 is 6.10 Å².